The van der Waals surface area contributed by atoms with Crippen molar-refractivity contribution in [3.63, 3.8) is 0 Å². The van der Waals surface area contributed by atoms with Gasteiger partial charge in [0.2, 0.25) is 0 Å². The highest BCUT2D eigenvalue weighted by atomic mass is 19.1. The molecule has 5 nitrogen and oxygen atoms in total. The summed E-state index contributed by atoms with van der Waals surface area (Å²) in [5.41, 5.74) is 2.97. The number of amides is 2. The number of hydrogen-bond donors (Lipinski definition) is 1. The van der Waals surface area contributed by atoms with E-state index in [4.69, 9.17) is 4.74 Å². The molecular weight excluding hydrogens is 395 g/mol. The molecule has 0 saturated heterocycles. The maximum Gasteiger partial charge on any atom is 0.282 e. The summed E-state index contributed by atoms with van der Waals surface area (Å²) in [7, 11) is 0. The average Bonchev–Trinajstić information content (AvgIpc) is 3.01. The van der Waals surface area contributed by atoms with E-state index in [1.165, 1.54) is 24.3 Å². The second-order valence-electron chi connectivity index (χ2n) is 7.07. The Morgan fingerprint density at radius 2 is 1.58 bits per heavy atom. The van der Waals surface area contributed by atoms with Gasteiger partial charge in [0.1, 0.15) is 17.3 Å². The Morgan fingerprint density at radius 1 is 0.903 bits per heavy atom. The molecule has 0 spiro atoms. The largest absolute Gasteiger partial charge is 0.494 e. The van der Waals surface area contributed by atoms with E-state index in [-0.39, 0.29) is 11.3 Å². The lowest BCUT2D eigenvalue weighted by atomic mass is 10.0. The fourth-order valence-corrected chi connectivity index (χ4v) is 3.47. The monoisotopic (exact) mass is 416 g/mol. The minimum Gasteiger partial charge on any atom is -0.494 e. The number of imide groups is 1. The summed E-state index contributed by atoms with van der Waals surface area (Å²) in [5, 5.41) is 3.15. The van der Waals surface area contributed by atoms with Gasteiger partial charge < -0.3 is 10.1 Å². The van der Waals surface area contributed by atoms with Gasteiger partial charge in [-0.15, -0.1) is 0 Å². The first kappa shape index (κ1) is 20.3. The van der Waals surface area contributed by atoms with Gasteiger partial charge in [-0.1, -0.05) is 30.3 Å². The number of nitrogens with one attached hydrogen (secondary N) is 1. The van der Waals surface area contributed by atoms with Crippen LogP contribution in [0.15, 0.2) is 78.5 Å². The van der Waals surface area contributed by atoms with Crippen molar-refractivity contribution >= 4 is 28.8 Å². The molecule has 156 valence electrons. The SMILES string of the molecule is CCOc1ccc(C2=C(Nc3ccccc3C)C(=O)N(c3ccc(F)cc3)C2=O)cc1. The molecule has 2 amide bonds. The molecule has 0 atom stereocenters. The molecule has 0 unspecified atom stereocenters. The zero-order valence-electron chi connectivity index (χ0n) is 17.2. The van der Waals surface area contributed by atoms with Crippen LogP contribution in [-0.2, 0) is 9.59 Å². The molecular formula is C25H21FN2O3. The number of rotatable bonds is 6. The third kappa shape index (κ3) is 3.92. The minimum absolute atomic E-state index is 0.174. The zero-order valence-corrected chi connectivity index (χ0v) is 17.2. The normalized spacial score (nSPS) is 13.7. The molecule has 0 aliphatic carbocycles. The van der Waals surface area contributed by atoms with Crippen LogP contribution in [0.25, 0.3) is 5.57 Å². The van der Waals surface area contributed by atoms with Gasteiger partial charge in [0.15, 0.2) is 0 Å². The van der Waals surface area contributed by atoms with Gasteiger partial charge in [-0.05, 0) is 67.4 Å². The van der Waals surface area contributed by atoms with E-state index < -0.39 is 17.6 Å². The van der Waals surface area contributed by atoms with Crippen LogP contribution in [0.5, 0.6) is 5.75 Å². The maximum absolute atomic E-state index is 13.4. The third-order valence-electron chi connectivity index (χ3n) is 5.03. The Morgan fingerprint density at radius 3 is 2.23 bits per heavy atom. The highest BCUT2D eigenvalue weighted by molar-refractivity contribution is 6.46. The fourth-order valence-electron chi connectivity index (χ4n) is 3.47. The number of carbonyl (C=O) groups excluding carboxylic acids is 2. The van der Waals surface area contributed by atoms with Gasteiger partial charge in [0.05, 0.1) is 17.9 Å². The molecule has 0 saturated carbocycles. The second-order valence-corrected chi connectivity index (χ2v) is 7.07. The van der Waals surface area contributed by atoms with Crippen molar-refractivity contribution < 1.29 is 18.7 Å². The minimum atomic E-state index is -0.497. The number of ether oxygens (including phenoxy) is 1. The van der Waals surface area contributed by atoms with Crippen LogP contribution in [0.1, 0.15) is 18.1 Å². The number of aryl methyl sites for hydroxylation is 1. The number of halogens is 1. The molecule has 0 radical (unpaired) electrons. The molecule has 0 bridgehead atoms. The van der Waals surface area contributed by atoms with Crippen LogP contribution in [0.4, 0.5) is 15.8 Å². The van der Waals surface area contributed by atoms with E-state index >= 15 is 0 Å². The van der Waals surface area contributed by atoms with Crippen LogP contribution in [-0.4, -0.2) is 18.4 Å². The molecule has 0 fully saturated rings. The highest BCUT2D eigenvalue weighted by Crippen LogP contribution is 2.34. The Labute approximate surface area is 179 Å². The number of anilines is 2. The molecule has 6 heteroatoms. The van der Waals surface area contributed by atoms with Crippen LogP contribution >= 0.6 is 0 Å². The number of benzene rings is 3. The Hall–Kier alpha value is -3.93. The van der Waals surface area contributed by atoms with Gasteiger partial charge >= 0.3 is 0 Å². The van der Waals surface area contributed by atoms with Crippen molar-refractivity contribution in [2.24, 2.45) is 0 Å². The molecule has 1 N–H and O–H groups in total. The van der Waals surface area contributed by atoms with Crippen LogP contribution < -0.4 is 15.0 Å². The van der Waals surface area contributed by atoms with Gasteiger partial charge in [0, 0.05) is 5.69 Å². The average molecular weight is 416 g/mol. The van der Waals surface area contributed by atoms with Crippen LogP contribution in [0.2, 0.25) is 0 Å². The molecule has 1 aliphatic heterocycles. The molecule has 4 rings (SSSR count). The summed E-state index contributed by atoms with van der Waals surface area (Å²) in [4.78, 5) is 27.8. The van der Waals surface area contributed by atoms with Crippen molar-refractivity contribution in [3.8, 4) is 5.75 Å². The molecule has 0 aromatic heterocycles. The first-order valence-electron chi connectivity index (χ1n) is 9.94. The van der Waals surface area contributed by atoms with Crippen molar-refractivity contribution in [1.29, 1.82) is 0 Å². The van der Waals surface area contributed by atoms with E-state index in [0.29, 0.717) is 23.6 Å². The lowest BCUT2D eigenvalue weighted by Gasteiger charge is -2.15. The predicted molar refractivity (Wildman–Crippen MR) is 118 cm³/mol. The lowest BCUT2D eigenvalue weighted by molar-refractivity contribution is -0.120. The molecule has 1 heterocycles. The first-order valence-corrected chi connectivity index (χ1v) is 9.94. The molecule has 31 heavy (non-hydrogen) atoms. The topological polar surface area (TPSA) is 58.6 Å². The van der Waals surface area contributed by atoms with Crippen molar-refractivity contribution in [1.82, 2.24) is 0 Å². The number of nitrogens with zero attached hydrogens (tertiary/aromatic N) is 1. The molecule has 3 aromatic rings. The van der Waals surface area contributed by atoms with Crippen molar-refractivity contribution in [3.05, 3.63) is 95.4 Å². The van der Waals surface area contributed by atoms with Crippen LogP contribution in [0, 0.1) is 12.7 Å². The molecule has 3 aromatic carbocycles. The Balaban J connectivity index is 1.80. The van der Waals surface area contributed by atoms with Gasteiger partial charge in [-0.3, -0.25) is 9.59 Å². The summed E-state index contributed by atoms with van der Waals surface area (Å²) in [5.74, 6) is -0.742. The fraction of sp³-hybridized carbons (Fsp3) is 0.120. The van der Waals surface area contributed by atoms with E-state index in [2.05, 4.69) is 5.32 Å². The van der Waals surface area contributed by atoms with E-state index in [9.17, 15) is 14.0 Å². The third-order valence-corrected chi connectivity index (χ3v) is 5.03. The summed E-state index contributed by atoms with van der Waals surface area (Å²) >= 11 is 0. The van der Waals surface area contributed by atoms with E-state index in [1.807, 2.05) is 38.1 Å². The summed E-state index contributed by atoms with van der Waals surface area (Å²) in [6, 6.07) is 19.8. The Bertz CT molecular complexity index is 1170. The summed E-state index contributed by atoms with van der Waals surface area (Å²) < 4.78 is 18.9. The number of hydrogen-bond acceptors (Lipinski definition) is 4. The standard InChI is InChI=1S/C25H21FN2O3/c1-3-31-20-14-8-17(9-15-20)22-23(27-21-7-5-4-6-16(21)2)25(30)28(24(22)29)19-12-10-18(26)11-13-19/h4-15,27H,3H2,1-2H3. The summed E-state index contributed by atoms with van der Waals surface area (Å²) in [6.45, 7) is 4.33. The van der Waals surface area contributed by atoms with Crippen molar-refractivity contribution in [2.75, 3.05) is 16.8 Å². The van der Waals surface area contributed by atoms with E-state index in [1.54, 1.807) is 24.3 Å². The summed E-state index contributed by atoms with van der Waals surface area (Å²) in [6.07, 6.45) is 0. The van der Waals surface area contributed by atoms with Crippen LogP contribution in [0.3, 0.4) is 0 Å². The van der Waals surface area contributed by atoms with Crippen molar-refractivity contribution in [2.45, 2.75) is 13.8 Å². The second kappa shape index (κ2) is 8.44. The molecule has 1 aliphatic rings. The quantitative estimate of drug-likeness (QED) is 0.579. The Kier molecular flexibility index (Phi) is 5.54. The number of para-hydroxylation sites is 1. The van der Waals surface area contributed by atoms with Gasteiger partial charge in [0.25, 0.3) is 11.8 Å². The highest BCUT2D eigenvalue weighted by Gasteiger charge is 2.40. The smallest absolute Gasteiger partial charge is 0.282 e. The first-order chi connectivity index (χ1) is 15.0. The van der Waals surface area contributed by atoms with E-state index in [0.717, 1.165) is 16.2 Å². The van der Waals surface area contributed by atoms with Gasteiger partial charge in [-0.25, -0.2) is 9.29 Å². The lowest BCUT2D eigenvalue weighted by Crippen LogP contribution is -2.32. The van der Waals surface area contributed by atoms with Gasteiger partial charge in [-0.2, -0.15) is 0 Å². The maximum atomic E-state index is 13.4. The zero-order chi connectivity index (χ0) is 22.0. The predicted octanol–water partition coefficient (Wildman–Crippen LogP) is 4.93. The number of carbonyl (C=O) groups is 2.